The van der Waals surface area contributed by atoms with Crippen LogP contribution in [0.25, 0.3) is 0 Å². The van der Waals surface area contributed by atoms with E-state index < -0.39 is 0 Å². The molecule has 2 aromatic carbocycles. The van der Waals surface area contributed by atoms with Gasteiger partial charge in [0.2, 0.25) is 0 Å². The van der Waals surface area contributed by atoms with Crippen molar-refractivity contribution < 1.29 is 9.53 Å². The van der Waals surface area contributed by atoms with Gasteiger partial charge in [-0.2, -0.15) is 0 Å². The van der Waals surface area contributed by atoms with Gasteiger partial charge in [-0.1, -0.05) is 44.2 Å². The van der Waals surface area contributed by atoms with E-state index in [4.69, 9.17) is 4.74 Å². The minimum atomic E-state index is -0.149. The van der Waals surface area contributed by atoms with E-state index in [1.165, 1.54) is 0 Å². The first kappa shape index (κ1) is 16.1. The first-order valence-electron chi connectivity index (χ1n) is 7.68. The molecule has 2 aromatic rings. The lowest BCUT2D eigenvalue weighted by Gasteiger charge is -2.15. The minimum Gasteiger partial charge on any atom is -0.483 e. The molecule has 0 aliphatic heterocycles. The predicted octanol–water partition coefficient (Wildman–Crippen LogP) is 4.53. The number of carbonyl (C=O) groups excluding carboxylic acids is 1. The highest BCUT2D eigenvalue weighted by Gasteiger charge is 2.11. The zero-order chi connectivity index (χ0) is 15.9. The molecular formula is C19H23NO2. The number of benzene rings is 2. The number of amides is 1. The van der Waals surface area contributed by atoms with Crippen molar-refractivity contribution in [3.8, 4) is 5.75 Å². The lowest BCUT2D eigenvalue weighted by molar-refractivity contribution is -0.118. The van der Waals surface area contributed by atoms with Crippen molar-refractivity contribution in [2.45, 2.75) is 33.1 Å². The fraction of sp³-hybridized carbons (Fsp3) is 0.316. The largest absolute Gasteiger partial charge is 0.483 e. The fourth-order valence-electron chi connectivity index (χ4n) is 2.30. The van der Waals surface area contributed by atoms with Crippen molar-refractivity contribution in [2.24, 2.45) is 0 Å². The summed E-state index contributed by atoms with van der Waals surface area (Å²) in [5.74, 6) is 1.05. The van der Waals surface area contributed by atoms with E-state index in [2.05, 4.69) is 25.2 Å². The second-order valence-corrected chi connectivity index (χ2v) is 5.55. The molecule has 0 bridgehead atoms. The molecule has 0 aliphatic carbocycles. The summed E-state index contributed by atoms with van der Waals surface area (Å²) in [6, 6.07) is 15.6. The number of rotatable bonds is 6. The average molecular weight is 297 g/mol. The molecule has 2 rings (SSSR count). The highest BCUT2D eigenvalue weighted by atomic mass is 16.5. The van der Waals surface area contributed by atoms with Gasteiger partial charge in [0.1, 0.15) is 5.75 Å². The summed E-state index contributed by atoms with van der Waals surface area (Å²) < 4.78 is 5.71. The number of carbonyl (C=O) groups is 1. The van der Waals surface area contributed by atoms with Crippen LogP contribution in [0.3, 0.4) is 0 Å². The SMILES string of the molecule is CCC(C)c1ccccc1OCC(=O)Nc1cccc(C)c1. The number of ether oxygens (including phenoxy) is 1. The highest BCUT2D eigenvalue weighted by molar-refractivity contribution is 5.91. The van der Waals surface area contributed by atoms with Crippen LogP contribution in [-0.2, 0) is 4.79 Å². The molecule has 22 heavy (non-hydrogen) atoms. The molecule has 0 saturated heterocycles. The van der Waals surface area contributed by atoms with Crippen molar-refractivity contribution in [3.05, 3.63) is 59.7 Å². The van der Waals surface area contributed by atoms with Gasteiger partial charge in [-0.15, -0.1) is 0 Å². The lowest BCUT2D eigenvalue weighted by atomic mass is 9.98. The molecule has 1 amide bonds. The van der Waals surface area contributed by atoms with Crippen molar-refractivity contribution in [1.29, 1.82) is 0 Å². The molecule has 1 N–H and O–H groups in total. The summed E-state index contributed by atoms with van der Waals surface area (Å²) in [4.78, 5) is 12.0. The maximum atomic E-state index is 12.0. The zero-order valence-electron chi connectivity index (χ0n) is 13.4. The van der Waals surface area contributed by atoms with E-state index in [1.807, 2.05) is 49.4 Å². The van der Waals surface area contributed by atoms with Crippen LogP contribution in [0.4, 0.5) is 5.69 Å². The lowest BCUT2D eigenvalue weighted by Crippen LogP contribution is -2.20. The first-order valence-corrected chi connectivity index (χ1v) is 7.68. The fourth-order valence-corrected chi connectivity index (χ4v) is 2.30. The van der Waals surface area contributed by atoms with Crippen LogP contribution < -0.4 is 10.1 Å². The van der Waals surface area contributed by atoms with Crippen LogP contribution >= 0.6 is 0 Å². The Balaban J connectivity index is 1.97. The van der Waals surface area contributed by atoms with Crippen LogP contribution in [0.2, 0.25) is 0 Å². The third-order valence-electron chi connectivity index (χ3n) is 3.72. The van der Waals surface area contributed by atoms with Crippen molar-refractivity contribution in [2.75, 3.05) is 11.9 Å². The van der Waals surface area contributed by atoms with E-state index >= 15 is 0 Å². The Bertz CT molecular complexity index is 637. The Morgan fingerprint density at radius 2 is 1.95 bits per heavy atom. The Hall–Kier alpha value is -2.29. The molecule has 1 atom stereocenters. The maximum absolute atomic E-state index is 12.0. The molecule has 0 heterocycles. The van der Waals surface area contributed by atoms with Gasteiger partial charge in [0, 0.05) is 5.69 Å². The summed E-state index contributed by atoms with van der Waals surface area (Å²) in [5, 5.41) is 2.85. The summed E-state index contributed by atoms with van der Waals surface area (Å²) >= 11 is 0. The zero-order valence-corrected chi connectivity index (χ0v) is 13.4. The van der Waals surface area contributed by atoms with Gasteiger partial charge >= 0.3 is 0 Å². The number of aryl methyl sites for hydroxylation is 1. The van der Waals surface area contributed by atoms with E-state index in [0.717, 1.165) is 29.0 Å². The van der Waals surface area contributed by atoms with Gasteiger partial charge < -0.3 is 10.1 Å². The molecule has 0 fully saturated rings. The number of hydrogen-bond acceptors (Lipinski definition) is 2. The second-order valence-electron chi connectivity index (χ2n) is 5.55. The van der Waals surface area contributed by atoms with Gasteiger partial charge in [-0.05, 0) is 48.6 Å². The summed E-state index contributed by atoms with van der Waals surface area (Å²) in [7, 11) is 0. The number of para-hydroxylation sites is 1. The van der Waals surface area contributed by atoms with Crippen LogP contribution in [0.1, 0.15) is 37.3 Å². The molecule has 0 spiro atoms. The summed E-state index contributed by atoms with van der Waals surface area (Å²) in [5.41, 5.74) is 3.05. The third kappa shape index (κ3) is 4.35. The Labute approximate surface area is 132 Å². The number of nitrogens with one attached hydrogen (secondary N) is 1. The monoisotopic (exact) mass is 297 g/mol. The van der Waals surface area contributed by atoms with E-state index in [9.17, 15) is 4.79 Å². The molecule has 1 unspecified atom stereocenters. The minimum absolute atomic E-state index is 0.0153. The van der Waals surface area contributed by atoms with E-state index in [1.54, 1.807) is 0 Å². The number of anilines is 1. The quantitative estimate of drug-likeness (QED) is 0.851. The van der Waals surface area contributed by atoms with Crippen LogP contribution in [0, 0.1) is 6.92 Å². The second kappa shape index (κ2) is 7.64. The predicted molar refractivity (Wildman–Crippen MR) is 90.5 cm³/mol. The summed E-state index contributed by atoms with van der Waals surface area (Å²) in [6.07, 6.45) is 1.04. The average Bonchev–Trinajstić information content (AvgIpc) is 2.52. The first-order chi connectivity index (χ1) is 10.6. The van der Waals surface area contributed by atoms with Crippen LogP contribution in [0.15, 0.2) is 48.5 Å². The van der Waals surface area contributed by atoms with Crippen molar-refractivity contribution >= 4 is 11.6 Å². The van der Waals surface area contributed by atoms with Crippen LogP contribution in [0.5, 0.6) is 5.75 Å². The van der Waals surface area contributed by atoms with Gasteiger partial charge in [-0.25, -0.2) is 0 Å². The van der Waals surface area contributed by atoms with Gasteiger partial charge in [-0.3, -0.25) is 4.79 Å². The molecular weight excluding hydrogens is 274 g/mol. The Kier molecular flexibility index (Phi) is 5.59. The molecule has 0 aliphatic rings. The van der Waals surface area contributed by atoms with Crippen molar-refractivity contribution in [1.82, 2.24) is 0 Å². The Morgan fingerprint density at radius 1 is 1.18 bits per heavy atom. The highest BCUT2D eigenvalue weighted by Crippen LogP contribution is 2.28. The molecule has 0 saturated carbocycles. The third-order valence-corrected chi connectivity index (χ3v) is 3.72. The van der Waals surface area contributed by atoms with E-state index in [-0.39, 0.29) is 12.5 Å². The Morgan fingerprint density at radius 3 is 2.68 bits per heavy atom. The smallest absolute Gasteiger partial charge is 0.262 e. The maximum Gasteiger partial charge on any atom is 0.262 e. The normalized spacial score (nSPS) is 11.8. The summed E-state index contributed by atoms with van der Waals surface area (Å²) in [6.45, 7) is 6.32. The molecule has 3 nitrogen and oxygen atoms in total. The van der Waals surface area contributed by atoms with E-state index in [0.29, 0.717) is 5.92 Å². The van der Waals surface area contributed by atoms with Gasteiger partial charge in [0.05, 0.1) is 0 Å². The molecule has 0 radical (unpaired) electrons. The molecule has 0 aromatic heterocycles. The van der Waals surface area contributed by atoms with Crippen molar-refractivity contribution in [3.63, 3.8) is 0 Å². The molecule has 116 valence electrons. The number of hydrogen-bond donors (Lipinski definition) is 1. The molecule has 3 heteroatoms. The topological polar surface area (TPSA) is 38.3 Å². The van der Waals surface area contributed by atoms with Gasteiger partial charge in [0.25, 0.3) is 5.91 Å². The van der Waals surface area contributed by atoms with Crippen LogP contribution in [-0.4, -0.2) is 12.5 Å². The standard InChI is InChI=1S/C19H23NO2/c1-4-15(3)17-10-5-6-11-18(17)22-13-19(21)20-16-9-7-8-14(2)12-16/h5-12,15H,4,13H2,1-3H3,(H,20,21). The van der Waals surface area contributed by atoms with Gasteiger partial charge in [0.15, 0.2) is 6.61 Å².